The minimum Gasteiger partial charge on any atom is -0.448 e. The molecule has 8 heteroatoms. The van der Waals surface area contributed by atoms with E-state index in [0.29, 0.717) is 5.69 Å². The van der Waals surface area contributed by atoms with Gasteiger partial charge in [-0.3, -0.25) is 4.79 Å². The highest BCUT2D eigenvalue weighted by molar-refractivity contribution is 6.48. The predicted octanol–water partition coefficient (Wildman–Crippen LogP) is 4.53. The molecule has 1 amide bonds. The number of benzene rings is 1. The quantitative estimate of drug-likeness (QED) is 0.782. The van der Waals surface area contributed by atoms with E-state index in [1.807, 2.05) is 19.1 Å². The van der Waals surface area contributed by atoms with Gasteiger partial charge < -0.3 is 10.1 Å². The first-order valence-electron chi connectivity index (χ1n) is 6.87. The summed E-state index contributed by atoms with van der Waals surface area (Å²) in [7, 11) is 0. The first kappa shape index (κ1) is 18.5. The molecule has 0 aliphatic carbocycles. The molecule has 1 atom stereocenters. The van der Waals surface area contributed by atoms with Crippen molar-refractivity contribution in [3.05, 3.63) is 56.8 Å². The fourth-order valence-corrected chi connectivity index (χ4v) is 2.29. The van der Waals surface area contributed by atoms with Gasteiger partial charge in [0.15, 0.2) is 11.8 Å². The normalized spacial score (nSPS) is 11.7. The van der Waals surface area contributed by atoms with Crippen LogP contribution in [0, 0.1) is 6.92 Å². The molecule has 0 unspecified atom stereocenters. The lowest BCUT2D eigenvalue weighted by Crippen LogP contribution is -2.30. The van der Waals surface area contributed by atoms with Gasteiger partial charge in [-0.1, -0.05) is 52.5 Å². The van der Waals surface area contributed by atoms with Crippen LogP contribution in [0.25, 0.3) is 0 Å². The van der Waals surface area contributed by atoms with E-state index in [0.717, 1.165) is 5.56 Å². The minimum absolute atomic E-state index is 0.00274. The number of nitrogens with one attached hydrogen (secondary N) is 1. The maximum atomic E-state index is 12.1. The third kappa shape index (κ3) is 4.38. The van der Waals surface area contributed by atoms with Crippen molar-refractivity contribution < 1.29 is 14.3 Å². The zero-order valence-electron chi connectivity index (χ0n) is 12.8. The van der Waals surface area contributed by atoms with E-state index in [1.165, 1.54) is 13.1 Å². The molecule has 1 aromatic heterocycles. The largest absolute Gasteiger partial charge is 0.448 e. The van der Waals surface area contributed by atoms with Crippen molar-refractivity contribution in [1.29, 1.82) is 0 Å². The molecule has 2 rings (SSSR count). The summed E-state index contributed by atoms with van der Waals surface area (Å²) >= 11 is 17.5. The molecular weight excluding hydrogens is 375 g/mol. The Balaban J connectivity index is 2.04. The number of pyridine rings is 1. The van der Waals surface area contributed by atoms with E-state index in [2.05, 4.69) is 10.3 Å². The average Bonchev–Trinajstić information content (AvgIpc) is 2.54. The van der Waals surface area contributed by atoms with Crippen LogP contribution >= 0.6 is 34.8 Å². The number of hydrogen-bond donors (Lipinski definition) is 1. The molecule has 24 heavy (non-hydrogen) atoms. The van der Waals surface area contributed by atoms with Crippen molar-refractivity contribution in [3.63, 3.8) is 0 Å². The summed E-state index contributed by atoms with van der Waals surface area (Å²) in [4.78, 5) is 28.0. The van der Waals surface area contributed by atoms with Crippen molar-refractivity contribution in [2.45, 2.75) is 20.0 Å². The van der Waals surface area contributed by atoms with Gasteiger partial charge in [0.05, 0.1) is 15.1 Å². The molecule has 0 aliphatic heterocycles. The summed E-state index contributed by atoms with van der Waals surface area (Å²) in [5.41, 5.74) is 1.45. The number of aromatic nitrogens is 1. The number of amides is 1. The Labute approximate surface area is 153 Å². The molecule has 0 spiro atoms. The number of carbonyl (C=O) groups is 2. The molecule has 0 radical (unpaired) electrons. The molecule has 1 heterocycles. The summed E-state index contributed by atoms with van der Waals surface area (Å²) < 4.78 is 5.07. The van der Waals surface area contributed by atoms with Crippen molar-refractivity contribution in [3.8, 4) is 0 Å². The smallest absolute Gasteiger partial charge is 0.359 e. The van der Waals surface area contributed by atoms with Gasteiger partial charge in [0.1, 0.15) is 0 Å². The summed E-state index contributed by atoms with van der Waals surface area (Å²) in [6.07, 6.45) is 0.134. The second-order valence-corrected chi connectivity index (χ2v) is 6.15. The minimum atomic E-state index is -1.05. The Morgan fingerprint density at radius 1 is 1.12 bits per heavy atom. The first-order chi connectivity index (χ1) is 11.3. The molecule has 0 fully saturated rings. The maximum absolute atomic E-state index is 12.1. The number of esters is 1. The number of hydrogen-bond acceptors (Lipinski definition) is 4. The lowest BCUT2D eigenvalue weighted by Gasteiger charge is -2.14. The van der Waals surface area contributed by atoms with Crippen LogP contribution in [0.3, 0.4) is 0 Å². The van der Waals surface area contributed by atoms with Crippen molar-refractivity contribution in [2.75, 3.05) is 5.32 Å². The molecule has 2 aromatic rings. The van der Waals surface area contributed by atoms with Gasteiger partial charge >= 0.3 is 5.97 Å². The summed E-state index contributed by atoms with van der Waals surface area (Å²) in [6, 6.07) is 7.20. The summed E-state index contributed by atoms with van der Waals surface area (Å²) in [5.74, 6) is -1.35. The monoisotopic (exact) mass is 386 g/mol. The highest BCUT2D eigenvalue weighted by atomic mass is 35.5. The number of carbonyl (C=O) groups excluding carboxylic acids is 2. The highest BCUT2D eigenvalue weighted by Crippen LogP contribution is 2.31. The van der Waals surface area contributed by atoms with Crippen LogP contribution in [-0.4, -0.2) is 23.0 Å². The number of anilines is 1. The fraction of sp³-hybridized carbons (Fsp3) is 0.188. The Kier molecular flexibility index (Phi) is 6.04. The Morgan fingerprint density at radius 2 is 1.75 bits per heavy atom. The Bertz CT molecular complexity index is 779. The van der Waals surface area contributed by atoms with Crippen LogP contribution < -0.4 is 5.32 Å². The maximum Gasteiger partial charge on any atom is 0.359 e. The zero-order chi connectivity index (χ0) is 17.9. The number of rotatable bonds is 4. The Hall–Kier alpha value is -1.82. The SMILES string of the molecule is Cc1ccc(NC(=O)[C@H](C)OC(=O)c2ncc(Cl)c(Cl)c2Cl)cc1. The molecule has 0 aliphatic rings. The van der Waals surface area contributed by atoms with E-state index >= 15 is 0 Å². The van der Waals surface area contributed by atoms with Crippen LogP contribution in [0.15, 0.2) is 30.5 Å². The second kappa shape index (κ2) is 7.83. The lowest BCUT2D eigenvalue weighted by atomic mass is 10.2. The van der Waals surface area contributed by atoms with Crippen molar-refractivity contribution >= 4 is 52.4 Å². The summed E-state index contributed by atoms with van der Waals surface area (Å²) in [5, 5.41) is 2.63. The van der Waals surface area contributed by atoms with E-state index in [-0.39, 0.29) is 20.8 Å². The molecule has 126 valence electrons. The van der Waals surface area contributed by atoms with Crippen LogP contribution in [-0.2, 0) is 9.53 Å². The lowest BCUT2D eigenvalue weighted by molar-refractivity contribution is -0.123. The molecule has 0 bridgehead atoms. The van der Waals surface area contributed by atoms with Crippen molar-refractivity contribution in [1.82, 2.24) is 4.98 Å². The van der Waals surface area contributed by atoms with E-state index in [4.69, 9.17) is 39.5 Å². The summed E-state index contributed by atoms with van der Waals surface area (Å²) in [6.45, 7) is 3.37. The third-order valence-corrected chi connectivity index (χ3v) is 4.32. The van der Waals surface area contributed by atoms with Crippen LogP contribution in [0.1, 0.15) is 23.0 Å². The standard InChI is InChI=1S/C16H13Cl3N2O3/c1-8-3-5-10(6-4-8)21-15(22)9(2)24-16(23)14-13(19)12(18)11(17)7-20-14/h3-7,9H,1-2H3,(H,21,22)/t9-/m0/s1. The van der Waals surface area contributed by atoms with Gasteiger partial charge in [-0.25, -0.2) is 9.78 Å². The predicted molar refractivity (Wildman–Crippen MR) is 94.0 cm³/mol. The van der Waals surface area contributed by atoms with Gasteiger partial charge in [0, 0.05) is 11.9 Å². The number of ether oxygens (including phenoxy) is 1. The van der Waals surface area contributed by atoms with Gasteiger partial charge in [-0.05, 0) is 26.0 Å². The third-order valence-electron chi connectivity index (χ3n) is 3.08. The van der Waals surface area contributed by atoms with Gasteiger partial charge in [-0.15, -0.1) is 0 Å². The second-order valence-electron chi connectivity index (χ2n) is 4.99. The van der Waals surface area contributed by atoms with E-state index in [9.17, 15) is 9.59 Å². The van der Waals surface area contributed by atoms with Gasteiger partial charge in [-0.2, -0.15) is 0 Å². The number of halogens is 3. The molecule has 0 saturated carbocycles. The van der Waals surface area contributed by atoms with Gasteiger partial charge in [0.2, 0.25) is 0 Å². The van der Waals surface area contributed by atoms with E-state index in [1.54, 1.807) is 12.1 Å². The van der Waals surface area contributed by atoms with Crippen LogP contribution in [0.2, 0.25) is 15.1 Å². The first-order valence-corrected chi connectivity index (χ1v) is 8.01. The zero-order valence-corrected chi connectivity index (χ0v) is 15.0. The van der Waals surface area contributed by atoms with Gasteiger partial charge in [0.25, 0.3) is 5.91 Å². The Morgan fingerprint density at radius 3 is 2.38 bits per heavy atom. The molecule has 0 saturated heterocycles. The molecule has 1 N–H and O–H groups in total. The fourth-order valence-electron chi connectivity index (χ4n) is 1.74. The molecule has 1 aromatic carbocycles. The number of aryl methyl sites for hydroxylation is 1. The topological polar surface area (TPSA) is 68.3 Å². The van der Waals surface area contributed by atoms with Crippen LogP contribution in [0.4, 0.5) is 5.69 Å². The number of nitrogens with zero attached hydrogens (tertiary/aromatic N) is 1. The molecular formula is C16H13Cl3N2O3. The van der Waals surface area contributed by atoms with Crippen molar-refractivity contribution in [2.24, 2.45) is 0 Å². The average molecular weight is 388 g/mol. The highest BCUT2D eigenvalue weighted by Gasteiger charge is 2.23. The molecule has 5 nitrogen and oxygen atoms in total. The van der Waals surface area contributed by atoms with E-state index < -0.39 is 18.0 Å². The van der Waals surface area contributed by atoms with Crippen LogP contribution in [0.5, 0.6) is 0 Å².